The predicted molar refractivity (Wildman–Crippen MR) is 154 cm³/mol. The minimum Gasteiger partial charge on any atom is -0.444 e. The lowest BCUT2D eigenvalue weighted by Crippen LogP contribution is -2.53. The molecule has 10 nitrogen and oxygen atoms in total. The van der Waals surface area contributed by atoms with Gasteiger partial charge in [-0.3, -0.25) is 0 Å². The van der Waals surface area contributed by atoms with E-state index in [0.29, 0.717) is 18.9 Å². The number of anilines is 1. The molecule has 0 saturated carbocycles. The summed E-state index contributed by atoms with van der Waals surface area (Å²) in [5.74, 6) is -0.223. The summed E-state index contributed by atoms with van der Waals surface area (Å²) in [6, 6.07) is 9.07. The van der Waals surface area contributed by atoms with Gasteiger partial charge in [0.2, 0.25) is 0 Å². The maximum absolute atomic E-state index is 14.3. The van der Waals surface area contributed by atoms with Crippen molar-refractivity contribution in [2.45, 2.75) is 56.6 Å². The molecule has 1 aliphatic rings. The molecular weight excluding hydrogens is 571 g/mol. The summed E-state index contributed by atoms with van der Waals surface area (Å²) in [5, 5.41) is 3.81. The number of carbonyl (C=O) groups is 1. The standard InChI is InChI=1S/C28H30ClFN6O4S/c1-27(2,3)40-26(37)35-12-8-11-28(4,17-35)34-24-22(29)15-31-23(33-24)21-16-36(25-20(21)13-18(30)14-32-25)41(38,39)19-9-6-5-7-10-19/h5-7,9-10,13-16H,8,11-12,17H2,1-4H3,(H,31,33,34)/t28-/m1/s1. The van der Waals surface area contributed by atoms with Gasteiger partial charge >= 0.3 is 6.09 Å². The molecule has 0 bridgehead atoms. The lowest BCUT2D eigenvalue weighted by Gasteiger charge is -2.41. The molecule has 0 spiro atoms. The number of hydrogen-bond donors (Lipinski definition) is 1. The first-order valence-electron chi connectivity index (χ1n) is 13.0. The first kappa shape index (κ1) is 28.7. The van der Waals surface area contributed by atoms with Crippen molar-refractivity contribution >= 4 is 44.6 Å². The third-order valence-corrected chi connectivity index (χ3v) is 8.57. The number of carbonyl (C=O) groups excluding carboxylic acids is 1. The third-order valence-electron chi connectivity index (χ3n) is 6.63. The number of rotatable bonds is 5. The van der Waals surface area contributed by atoms with Crippen molar-refractivity contribution in [1.29, 1.82) is 0 Å². The average Bonchev–Trinajstić information content (AvgIpc) is 3.29. The van der Waals surface area contributed by atoms with Crippen LogP contribution in [0.4, 0.5) is 15.0 Å². The fourth-order valence-electron chi connectivity index (χ4n) is 4.82. The van der Waals surface area contributed by atoms with Crippen LogP contribution >= 0.6 is 11.6 Å². The van der Waals surface area contributed by atoms with Crippen molar-refractivity contribution in [2.75, 3.05) is 18.4 Å². The smallest absolute Gasteiger partial charge is 0.410 e. The lowest BCUT2D eigenvalue weighted by molar-refractivity contribution is 0.0164. The fraction of sp³-hybridized carbons (Fsp3) is 0.357. The van der Waals surface area contributed by atoms with E-state index in [1.54, 1.807) is 23.1 Å². The van der Waals surface area contributed by atoms with Crippen LogP contribution in [0.5, 0.6) is 0 Å². The van der Waals surface area contributed by atoms with E-state index >= 15 is 0 Å². The number of benzene rings is 1. The van der Waals surface area contributed by atoms with Gasteiger partial charge in [-0.2, -0.15) is 0 Å². The second-order valence-corrected chi connectivity index (χ2v) is 13.5. The van der Waals surface area contributed by atoms with Crippen LogP contribution in [-0.4, -0.2) is 62.6 Å². The van der Waals surface area contributed by atoms with Crippen molar-refractivity contribution < 1.29 is 22.3 Å². The largest absolute Gasteiger partial charge is 0.444 e. The van der Waals surface area contributed by atoms with Crippen molar-refractivity contribution in [3.63, 3.8) is 0 Å². The Morgan fingerprint density at radius 2 is 1.90 bits per heavy atom. The Morgan fingerprint density at radius 1 is 1.17 bits per heavy atom. The van der Waals surface area contributed by atoms with Crippen molar-refractivity contribution in [3.05, 3.63) is 65.8 Å². The number of piperidine rings is 1. The number of pyridine rings is 1. The number of ether oxygens (including phenoxy) is 1. The maximum atomic E-state index is 14.3. The molecule has 3 aromatic heterocycles. The molecule has 5 rings (SSSR count). The molecule has 41 heavy (non-hydrogen) atoms. The minimum absolute atomic E-state index is 0.0329. The van der Waals surface area contributed by atoms with Gasteiger partial charge in [0, 0.05) is 30.2 Å². The second kappa shape index (κ2) is 10.6. The van der Waals surface area contributed by atoms with E-state index in [1.807, 2.05) is 27.7 Å². The van der Waals surface area contributed by atoms with Crippen LogP contribution in [0.1, 0.15) is 40.5 Å². The van der Waals surface area contributed by atoms with E-state index in [-0.39, 0.29) is 32.3 Å². The van der Waals surface area contributed by atoms with E-state index in [4.69, 9.17) is 16.3 Å². The van der Waals surface area contributed by atoms with Gasteiger partial charge in [-0.05, 0) is 58.7 Å². The van der Waals surface area contributed by atoms with Gasteiger partial charge in [-0.15, -0.1) is 0 Å². The number of aromatic nitrogens is 4. The zero-order valence-corrected chi connectivity index (χ0v) is 24.6. The summed E-state index contributed by atoms with van der Waals surface area (Å²) >= 11 is 6.49. The Bertz CT molecular complexity index is 1720. The molecule has 4 aromatic rings. The highest BCUT2D eigenvalue weighted by Gasteiger charge is 2.36. The molecule has 1 aromatic carbocycles. The summed E-state index contributed by atoms with van der Waals surface area (Å²) < 4.78 is 47.9. The molecule has 4 heterocycles. The van der Waals surface area contributed by atoms with Crippen molar-refractivity contribution in [3.8, 4) is 11.4 Å². The van der Waals surface area contributed by atoms with E-state index in [0.717, 1.165) is 23.0 Å². The first-order chi connectivity index (χ1) is 19.3. The highest BCUT2D eigenvalue weighted by atomic mass is 35.5. The topological polar surface area (TPSA) is 119 Å². The van der Waals surface area contributed by atoms with Crippen LogP contribution in [0.3, 0.4) is 0 Å². The SMILES string of the molecule is CC(C)(C)OC(=O)N1CCC[C@@](C)(Nc2nc(-c3cn(S(=O)(=O)c4ccccc4)c4ncc(F)cc34)ncc2Cl)C1. The lowest BCUT2D eigenvalue weighted by atomic mass is 9.91. The molecule has 216 valence electrons. The molecule has 1 atom stereocenters. The maximum Gasteiger partial charge on any atom is 0.410 e. The molecule has 1 amide bonds. The van der Waals surface area contributed by atoms with Crippen LogP contribution in [-0.2, 0) is 14.8 Å². The van der Waals surface area contributed by atoms with Gasteiger partial charge in [0.05, 0.1) is 22.8 Å². The van der Waals surface area contributed by atoms with E-state index in [2.05, 4.69) is 20.3 Å². The highest BCUT2D eigenvalue weighted by molar-refractivity contribution is 7.90. The minimum atomic E-state index is -4.06. The zero-order valence-electron chi connectivity index (χ0n) is 23.1. The van der Waals surface area contributed by atoms with Gasteiger partial charge in [-0.1, -0.05) is 29.8 Å². The van der Waals surface area contributed by atoms with Crippen LogP contribution in [0.2, 0.25) is 5.02 Å². The highest BCUT2D eigenvalue weighted by Crippen LogP contribution is 2.34. The summed E-state index contributed by atoms with van der Waals surface area (Å²) in [7, 11) is -4.06. The number of amides is 1. The number of hydrogen-bond acceptors (Lipinski definition) is 8. The number of halogens is 2. The molecule has 0 unspecified atom stereocenters. The Hall–Kier alpha value is -3.77. The molecular formula is C28H30ClFN6O4S. The van der Waals surface area contributed by atoms with Crippen molar-refractivity contribution in [1.82, 2.24) is 23.8 Å². The molecule has 0 aliphatic carbocycles. The van der Waals surface area contributed by atoms with Gasteiger partial charge in [-0.25, -0.2) is 36.5 Å². The first-order valence-corrected chi connectivity index (χ1v) is 14.8. The zero-order chi connectivity index (χ0) is 29.6. The van der Waals surface area contributed by atoms with Gasteiger partial charge in [0.1, 0.15) is 22.3 Å². The molecule has 13 heteroatoms. The molecule has 0 radical (unpaired) electrons. The average molecular weight is 601 g/mol. The third kappa shape index (κ3) is 5.98. The Labute approximate surface area is 242 Å². The van der Waals surface area contributed by atoms with E-state index in [1.165, 1.54) is 30.6 Å². The number of nitrogens with one attached hydrogen (secondary N) is 1. The summed E-state index contributed by atoms with van der Waals surface area (Å²) in [6.07, 6.45) is 4.74. The number of likely N-dealkylation sites (tertiary alicyclic amines) is 1. The van der Waals surface area contributed by atoms with Gasteiger partial charge in [0.15, 0.2) is 11.5 Å². The molecule has 1 saturated heterocycles. The van der Waals surface area contributed by atoms with Crippen molar-refractivity contribution in [2.24, 2.45) is 0 Å². The Balaban J connectivity index is 1.52. The molecule has 1 fully saturated rings. The van der Waals surface area contributed by atoms with Gasteiger partial charge < -0.3 is 15.0 Å². The number of fused-ring (bicyclic) bond motifs is 1. The summed E-state index contributed by atoms with van der Waals surface area (Å²) in [6.45, 7) is 8.32. The van der Waals surface area contributed by atoms with Crippen LogP contribution < -0.4 is 5.32 Å². The summed E-state index contributed by atoms with van der Waals surface area (Å²) in [5.41, 5.74) is -0.922. The van der Waals surface area contributed by atoms with E-state index in [9.17, 15) is 17.6 Å². The van der Waals surface area contributed by atoms with Crippen LogP contribution in [0.15, 0.2) is 59.9 Å². The Kier molecular flexibility index (Phi) is 7.41. The summed E-state index contributed by atoms with van der Waals surface area (Å²) in [4.78, 5) is 27.4. The van der Waals surface area contributed by atoms with Gasteiger partial charge in [0.25, 0.3) is 10.0 Å². The monoisotopic (exact) mass is 600 g/mol. The Morgan fingerprint density at radius 3 is 2.61 bits per heavy atom. The fourth-order valence-corrected chi connectivity index (χ4v) is 6.30. The van der Waals surface area contributed by atoms with E-state index < -0.39 is 33.1 Å². The molecule has 1 N–H and O–H groups in total. The predicted octanol–water partition coefficient (Wildman–Crippen LogP) is 5.72. The molecule has 1 aliphatic heterocycles. The second-order valence-electron chi connectivity index (χ2n) is 11.3. The van der Waals surface area contributed by atoms with Crippen LogP contribution in [0, 0.1) is 5.82 Å². The quantitative estimate of drug-likeness (QED) is 0.309. The van der Waals surface area contributed by atoms with Crippen LogP contribution in [0.25, 0.3) is 22.4 Å². The normalized spacial score (nSPS) is 18.0. The number of nitrogens with zero attached hydrogens (tertiary/aromatic N) is 5.